The normalized spacial score (nSPS) is 15.1. The van der Waals surface area contributed by atoms with Crippen LogP contribution >= 0.6 is 46.6 Å². The van der Waals surface area contributed by atoms with E-state index in [0.717, 1.165) is 19.7 Å². The lowest BCUT2D eigenvalue weighted by Crippen LogP contribution is -2.29. The van der Waals surface area contributed by atoms with E-state index in [9.17, 15) is 0 Å². The average molecular weight is 503 g/mol. The van der Waals surface area contributed by atoms with E-state index < -0.39 is 0 Å². The van der Waals surface area contributed by atoms with Crippen molar-refractivity contribution in [1.29, 1.82) is 0 Å². The van der Waals surface area contributed by atoms with Crippen LogP contribution in [0.4, 0.5) is 0 Å². The summed E-state index contributed by atoms with van der Waals surface area (Å²) in [5.74, 6) is 0. The number of fused-ring (bicyclic) bond motifs is 2. The second kappa shape index (κ2) is 11.3. The molecule has 1 fully saturated rings. The van der Waals surface area contributed by atoms with Gasteiger partial charge in [-0.2, -0.15) is 0 Å². The first kappa shape index (κ1) is 24.0. The topological polar surface area (TPSA) is 49.8 Å². The Bertz CT molecular complexity index is 1060. The van der Waals surface area contributed by atoms with Crippen molar-refractivity contribution in [2.24, 2.45) is 0 Å². The Balaban J connectivity index is 0.000000155. The van der Waals surface area contributed by atoms with Crippen molar-refractivity contribution < 1.29 is 0 Å². The number of aromatic nitrogens is 2. The molecular formula is C24H30N4S4. The molecule has 8 heteroatoms. The average Bonchev–Trinajstić information content (AvgIpc) is 3.40. The molecule has 0 aliphatic heterocycles. The maximum atomic E-state index is 4.62. The summed E-state index contributed by atoms with van der Waals surface area (Å²) in [5.41, 5.74) is 2.31. The molecule has 0 spiro atoms. The zero-order chi connectivity index (χ0) is 22.4. The van der Waals surface area contributed by atoms with Gasteiger partial charge in [0, 0.05) is 11.6 Å². The van der Waals surface area contributed by atoms with Crippen molar-refractivity contribution >= 4 is 67.0 Å². The lowest BCUT2D eigenvalue weighted by atomic mass is 9.96. The van der Waals surface area contributed by atoms with Gasteiger partial charge in [0.1, 0.15) is 0 Å². The van der Waals surface area contributed by atoms with E-state index in [1.54, 1.807) is 46.6 Å². The van der Waals surface area contributed by atoms with Gasteiger partial charge in [-0.3, -0.25) is 9.44 Å². The number of nitrogens with zero attached hydrogens (tertiary/aromatic N) is 2. The second-order valence-corrected chi connectivity index (χ2v) is 13.1. The SMILES string of the molecule is CC(C)(C)NSc1nc2ccccc2s1.c1ccc2sc(SNC3CCCCC3)nc2c1. The van der Waals surface area contributed by atoms with E-state index >= 15 is 0 Å². The number of thiazole rings is 2. The van der Waals surface area contributed by atoms with Crippen LogP contribution < -0.4 is 9.44 Å². The molecule has 0 unspecified atom stereocenters. The van der Waals surface area contributed by atoms with Gasteiger partial charge in [-0.15, -0.1) is 22.7 Å². The highest BCUT2D eigenvalue weighted by Crippen LogP contribution is 2.30. The van der Waals surface area contributed by atoms with Gasteiger partial charge in [0.15, 0.2) is 8.68 Å². The smallest absolute Gasteiger partial charge is 0.166 e. The monoisotopic (exact) mass is 502 g/mol. The Morgan fingerprint density at radius 2 is 1.31 bits per heavy atom. The highest BCUT2D eigenvalue weighted by molar-refractivity contribution is 7.99. The maximum absolute atomic E-state index is 4.62. The first-order chi connectivity index (χ1) is 15.5. The van der Waals surface area contributed by atoms with Crippen LogP contribution in [0.5, 0.6) is 0 Å². The zero-order valence-corrected chi connectivity index (χ0v) is 22.0. The maximum Gasteiger partial charge on any atom is 0.166 e. The Hall–Kier alpha value is -1.16. The fourth-order valence-electron chi connectivity index (χ4n) is 3.34. The molecule has 0 atom stereocenters. The van der Waals surface area contributed by atoms with Crippen LogP contribution in [0.25, 0.3) is 20.4 Å². The third kappa shape index (κ3) is 7.17. The molecule has 2 aromatic carbocycles. The minimum absolute atomic E-state index is 0.114. The van der Waals surface area contributed by atoms with Crippen LogP contribution in [0.2, 0.25) is 0 Å². The van der Waals surface area contributed by atoms with Crippen molar-refractivity contribution in [2.45, 2.75) is 73.1 Å². The third-order valence-electron chi connectivity index (χ3n) is 4.91. The minimum Gasteiger partial charge on any atom is -0.255 e. The molecular weight excluding hydrogens is 473 g/mol. The standard InChI is InChI=1S/C13H16N2S2.C11H14N2S2/c1-2-6-10(7-3-1)15-17-13-14-11-8-4-5-9-12(11)16-13;1-11(2,3)13-15-10-12-8-6-4-5-7-9(8)14-10/h4-5,8-10,15H,1-3,6-7H2;4-7,13H,1-3H3. The molecule has 1 aliphatic rings. The van der Waals surface area contributed by atoms with E-state index in [4.69, 9.17) is 0 Å². The summed E-state index contributed by atoms with van der Waals surface area (Å²) >= 11 is 6.82. The molecule has 0 amide bonds. The highest BCUT2D eigenvalue weighted by atomic mass is 32.2. The third-order valence-corrected chi connectivity index (χ3v) is 9.27. The van der Waals surface area contributed by atoms with Crippen LogP contribution in [0.15, 0.2) is 57.2 Å². The van der Waals surface area contributed by atoms with Crippen molar-refractivity contribution in [2.75, 3.05) is 0 Å². The van der Waals surface area contributed by atoms with Crippen LogP contribution in [0.3, 0.4) is 0 Å². The molecule has 4 aromatic rings. The predicted octanol–water partition coefficient (Wildman–Crippen LogP) is 7.92. The molecule has 170 valence electrons. The number of hydrogen-bond acceptors (Lipinski definition) is 8. The summed E-state index contributed by atoms with van der Waals surface area (Å²) in [4.78, 5) is 9.15. The van der Waals surface area contributed by atoms with E-state index in [2.05, 4.69) is 64.4 Å². The molecule has 32 heavy (non-hydrogen) atoms. The molecule has 0 radical (unpaired) electrons. The number of para-hydroxylation sites is 2. The van der Waals surface area contributed by atoms with Crippen molar-refractivity contribution in [3.8, 4) is 0 Å². The first-order valence-electron chi connectivity index (χ1n) is 11.0. The molecule has 0 bridgehead atoms. The second-order valence-electron chi connectivity index (χ2n) is 8.90. The van der Waals surface area contributed by atoms with Crippen LogP contribution in [0.1, 0.15) is 52.9 Å². The Morgan fingerprint density at radius 3 is 1.84 bits per heavy atom. The summed E-state index contributed by atoms with van der Waals surface area (Å²) in [7, 11) is 0. The van der Waals surface area contributed by atoms with Crippen molar-refractivity contribution in [3.63, 3.8) is 0 Å². The molecule has 2 aromatic heterocycles. The zero-order valence-electron chi connectivity index (χ0n) is 18.8. The molecule has 1 saturated carbocycles. The lowest BCUT2D eigenvalue weighted by molar-refractivity contribution is 0.423. The van der Waals surface area contributed by atoms with Crippen LogP contribution in [-0.2, 0) is 0 Å². The molecule has 0 saturated heterocycles. The van der Waals surface area contributed by atoms with Gasteiger partial charge in [0.25, 0.3) is 0 Å². The summed E-state index contributed by atoms with van der Waals surface area (Å²) in [6.07, 6.45) is 6.79. The van der Waals surface area contributed by atoms with Crippen molar-refractivity contribution in [1.82, 2.24) is 19.4 Å². The number of benzene rings is 2. The van der Waals surface area contributed by atoms with E-state index in [1.807, 2.05) is 24.3 Å². The fraction of sp³-hybridized carbons (Fsp3) is 0.417. The summed E-state index contributed by atoms with van der Waals surface area (Å²) in [5, 5.41) is 0. The van der Waals surface area contributed by atoms with Gasteiger partial charge in [0.2, 0.25) is 0 Å². The van der Waals surface area contributed by atoms with Gasteiger partial charge in [-0.25, -0.2) is 9.97 Å². The Kier molecular flexibility index (Phi) is 8.48. The van der Waals surface area contributed by atoms with Gasteiger partial charge in [-0.05, 0) is 81.8 Å². The Labute approximate surface area is 207 Å². The van der Waals surface area contributed by atoms with Gasteiger partial charge in [-0.1, -0.05) is 43.5 Å². The fourth-order valence-corrected chi connectivity index (χ4v) is 7.06. The molecule has 2 N–H and O–H groups in total. The number of nitrogens with one attached hydrogen (secondary N) is 2. The predicted molar refractivity (Wildman–Crippen MR) is 144 cm³/mol. The largest absolute Gasteiger partial charge is 0.255 e. The van der Waals surface area contributed by atoms with Crippen molar-refractivity contribution in [3.05, 3.63) is 48.5 Å². The first-order valence-corrected chi connectivity index (χ1v) is 14.3. The summed E-state index contributed by atoms with van der Waals surface area (Å²) < 4.78 is 11.7. The van der Waals surface area contributed by atoms with E-state index in [0.29, 0.717) is 6.04 Å². The summed E-state index contributed by atoms with van der Waals surface area (Å²) in [6.45, 7) is 6.44. The molecule has 1 aliphatic carbocycles. The van der Waals surface area contributed by atoms with E-state index in [1.165, 1.54) is 41.5 Å². The Morgan fingerprint density at radius 1 is 0.781 bits per heavy atom. The molecule has 4 nitrogen and oxygen atoms in total. The number of rotatable bonds is 5. The highest BCUT2D eigenvalue weighted by Gasteiger charge is 2.14. The molecule has 5 rings (SSSR count). The van der Waals surface area contributed by atoms with E-state index in [-0.39, 0.29) is 5.54 Å². The minimum atomic E-state index is 0.114. The van der Waals surface area contributed by atoms with Crippen LogP contribution in [0, 0.1) is 0 Å². The lowest BCUT2D eigenvalue weighted by Gasteiger charge is -2.21. The number of hydrogen-bond donors (Lipinski definition) is 2. The summed E-state index contributed by atoms with van der Waals surface area (Å²) in [6, 6.07) is 17.2. The van der Waals surface area contributed by atoms with Gasteiger partial charge < -0.3 is 0 Å². The van der Waals surface area contributed by atoms with Gasteiger partial charge in [0.05, 0.1) is 20.4 Å². The quantitative estimate of drug-likeness (QED) is 0.270. The van der Waals surface area contributed by atoms with Gasteiger partial charge >= 0.3 is 0 Å². The van der Waals surface area contributed by atoms with Crippen LogP contribution in [-0.4, -0.2) is 21.5 Å². The molecule has 2 heterocycles.